The summed E-state index contributed by atoms with van der Waals surface area (Å²) in [4.78, 5) is 25.6. The predicted octanol–water partition coefficient (Wildman–Crippen LogP) is 3.50. The standard InChI is InChI=1S/C19H26FN3O3/c1-19(2,3)26-18(25)23-11-8-16(9-12-23)22-17(24)21-10-7-14-5-4-6-15(20)13-14/h4-7,10,13,16H,8-9,11-12H2,1-3H3,(H2,21,22,24)/b10-7+. The minimum atomic E-state index is -0.514. The van der Waals surface area contributed by atoms with Crippen molar-refractivity contribution >= 4 is 18.2 Å². The van der Waals surface area contributed by atoms with Crippen LogP contribution in [0.4, 0.5) is 14.0 Å². The van der Waals surface area contributed by atoms with Crippen LogP contribution in [0.5, 0.6) is 0 Å². The molecule has 0 unspecified atom stereocenters. The summed E-state index contributed by atoms with van der Waals surface area (Å²) in [5.74, 6) is -0.326. The topological polar surface area (TPSA) is 70.7 Å². The molecule has 0 spiro atoms. The van der Waals surface area contributed by atoms with Crippen molar-refractivity contribution in [2.75, 3.05) is 13.1 Å². The van der Waals surface area contributed by atoms with E-state index in [1.54, 1.807) is 23.1 Å². The fraction of sp³-hybridized carbons (Fsp3) is 0.474. The van der Waals surface area contributed by atoms with Gasteiger partial charge in [-0.2, -0.15) is 0 Å². The van der Waals surface area contributed by atoms with E-state index < -0.39 is 5.60 Å². The minimum Gasteiger partial charge on any atom is -0.444 e. The van der Waals surface area contributed by atoms with Gasteiger partial charge in [0.05, 0.1) is 0 Å². The lowest BCUT2D eigenvalue weighted by Crippen LogP contribution is -2.49. The Morgan fingerprint density at radius 2 is 1.96 bits per heavy atom. The normalized spacial score (nSPS) is 15.8. The Hall–Kier alpha value is -2.57. The highest BCUT2D eigenvalue weighted by Gasteiger charge is 2.27. The van der Waals surface area contributed by atoms with Crippen molar-refractivity contribution in [1.29, 1.82) is 0 Å². The lowest BCUT2D eigenvalue weighted by Gasteiger charge is -2.33. The van der Waals surface area contributed by atoms with Crippen LogP contribution in [0.3, 0.4) is 0 Å². The van der Waals surface area contributed by atoms with Crippen LogP contribution in [0, 0.1) is 5.82 Å². The van der Waals surface area contributed by atoms with Gasteiger partial charge >= 0.3 is 12.1 Å². The van der Waals surface area contributed by atoms with Crippen molar-refractivity contribution in [3.05, 3.63) is 41.8 Å². The third kappa shape index (κ3) is 6.74. The summed E-state index contributed by atoms with van der Waals surface area (Å²) in [5, 5.41) is 5.47. The molecule has 0 bridgehead atoms. The number of urea groups is 1. The van der Waals surface area contributed by atoms with Crippen molar-refractivity contribution in [3.63, 3.8) is 0 Å². The quantitative estimate of drug-likeness (QED) is 0.863. The molecule has 0 saturated carbocycles. The van der Waals surface area contributed by atoms with Crippen LogP contribution in [0.1, 0.15) is 39.2 Å². The SMILES string of the molecule is CC(C)(C)OC(=O)N1CCC(NC(=O)N/C=C/c2cccc(F)c2)CC1. The molecule has 1 saturated heterocycles. The van der Waals surface area contributed by atoms with E-state index in [0.717, 1.165) is 0 Å². The second-order valence-electron chi connectivity index (χ2n) is 7.25. The maximum Gasteiger partial charge on any atom is 0.410 e. The summed E-state index contributed by atoms with van der Waals surface area (Å²) in [6.45, 7) is 6.58. The smallest absolute Gasteiger partial charge is 0.410 e. The number of carbonyl (C=O) groups is 2. The summed E-state index contributed by atoms with van der Waals surface area (Å²) >= 11 is 0. The molecule has 142 valence electrons. The average molecular weight is 363 g/mol. The second kappa shape index (κ2) is 8.69. The molecule has 1 aliphatic heterocycles. The first-order valence-electron chi connectivity index (χ1n) is 8.70. The Kier molecular flexibility index (Phi) is 6.60. The molecule has 0 aromatic heterocycles. The molecule has 1 heterocycles. The first-order chi connectivity index (χ1) is 12.2. The number of rotatable bonds is 3. The number of ether oxygens (including phenoxy) is 1. The van der Waals surface area contributed by atoms with Crippen molar-refractivity contribution in [2.45, 2.75) is 45.3 Å². The first-order valence-corrected chi connectivity index (χ1v) is 8.70. The monoisotopic (exact) mass is 363 g/mol. The molecule has 6 nitrogen and oxygen atoms in total. The van der Waals surface area contributed by atoms with Gasteiger partial charge in [0.1, 0.15) is 11.4 Å². The molecule has 3 amide bonds. The summed E-state index contributed by atoms with van der Waals surface area (Å²) in [6, 6.07) is 5.76. The Morgan fingerprint density at radius 3 is 2.58 bits per heavy atom. The highest BCUT2D eigenvalue weighted by Crippen LogP contribution is 2.15. The van der Waals surface area contributed by atoms with Crippen LogP contribution in [-0.2, 0) is 4.74 Å². The summed E-state index contributed by atoms with van der Waals surface area (Å²) < 4.78 is 18.4. The van der Waals surface area contributed by atoms with Crippen LogP contribution in [0.15, 0.2) is 30.5 Å². The number of carbonyl (C=O) groups excluding carboxylic acids is 2. The first kappa shape index (κ1) is 19.8. The Morgan fingerprint density at radius 1 is 1.27 bits per heavy atom. The number of halogens is 1. The summed E-state index contributed by atoms with van der Waals surface area (Å²) in [6.07, 6.45) is 4.10. The van der Waals surface area contributed by atoms with E-state index in [2.05, 4.69) is 10.6 Å². The van der Waals surface area contributed by atoms with Gasteiger partial charge in [-0.1, -0.05) is 12.1 Å². The molecule has 0 radical (unpaired) electrons. The Balaban J connectivity index is 1.72. The van der Waals surface area contributed by atoms with Gasteiger partial charge in [0.25, 0.3) is 0 Å². The minimum absolute atomic E-state index is 0.00347. The van der Waals surface area contributed by atoms with E-state index in [1.807, 2.05) is 20.8 Å². The highest BCUT2D eigenvalue weighted by atomic mass is 19.1. The van der Waals surface area contributed by atoms with E-state index in [0.29, 0.717) is 31.5 Å². The molecule has 2 rings (SSSR count). The van der Waals surface area contributed by atoms with Gasteiger partial charge in [0.15, 0.2) is 0 Å². The van der Waals surface area contributed by atoms with E-state index in [-0.39, 0.29) is 24.0 Å². The number of amides is 3. The highest BCUT2D eigenvalue weighted by molar-refractivity contribution is 5.76. The third-order valence-electron chi connectivity index (χ3n) is 3.82. The third-order valence-corrected chi connectivity index (χ3v) is 3.82. The van der Waals surface area contributed by atoms with Gasteiger partial charge in [-0.15, -0.1) is 0 Å². The number of hydrogen-bond donors (Lipinski definition) is 2. The lowest BCUT2D eigenvalue weighted by atomic mass is 10.1. The molecule has 1 aliphatic rings. The number of piperidine rings is 1. The van der Waals surface area contributed by atoms with Gasteiger partial charge in [-0.3, -0.25) is 0 Å². The molecule has 1 aromatic rings. The zero-order valence-corrected chi connectivity index (χ0v) is 15.4. The molecular formula is C19H26FN3O3. The summed E-state index contributed by atoms with van der Waals surface area (Å²) in [5.41, 5.74) is 0.149. The fourth-order valence-corrected chi connectivity index (χ4v) is 2.58. The second-order valence-corrected chi connectivity index (χ2v) is 7.25. The molecule has 0 aliphatic carbocycles. The van der Waals surface area contributed by atoms with Crippen molar-refractivity contribution < 1.29 is 18.7 Å². The molecule has 26 heavy (non-hydrogen) atoms. The van der Waals surface area contributed by atoms with E-state index in [1.165, 1.54) is 18.3 Å². The van der Waals surface area contributed by atoms with Crippen LogP contribution < -0.4 is 10.6 Å². The van der Waals surface area contributed by atoms with Gasteiger partial charge in [0, 0.05) is 25.3 Å². The number of nitrogens with one attached hydrogen (secondary N) is 2. The van der Waals surface area contributed by atoms with E-state index >= 15 is 0 Å². The number of hydrogen-bond acceptors (Lipinski definition) is 3. The Bertz CT molecular complexity index is 662. The van der Waals surface area contributed by atoms with Crippen molar-refractivity contribution in [2.24, 2.45) is 0 Å². The number of nitrogens with zero attached hydrogens (tertiary/aromatic N) is 1. The largest absolute Gasteiger partial charge is 0.444 e. The van der Waals surface area contributed by atoms with Gasteiger partial charge in [-0.05, 0) is 57.4 Å². The zero-order chi connectivity index (χ0) is 19.2. The lowest BCUT2D eigenvalue weighted by molar-refractivity contribution is 0.0201. The van der Waals surface area contributed by atoms with Crippen LogP contribution in [0.2, 0.25) is 0 Å². The van der Waals surface area contributed by atoms with Crippen LogP contribution >= 0.6 is 0 Å². The van der Waals surface area contributed by atoms with E-state index in [9.17, 15) is 14.0 Å². The molecule has 1 fully saturated rings. The average Bonchev–Trinajstić information content (AvgIpc) is 2.54. The Labute approximate surface area is 153 Å². The van der Waals surface area contributed by atoms with Crippen molar-refractivity contribution in [1.82, 2.24) is 15.5 Å². The predicted molar refractivity (Wildman–Crippen MR) is 97.9 cm³/mol. The van der Waals surface area contributed by atoms with Crippen LogP contribution in [0.25, 0.3) is 6.08 Å². The molecule has 7 heteroatoms. The van der Waals surface area contributed by atoms with Gasteiger partial charge in [0.2, 0.25) is 0 Å². The number of likely N-dealkylation sites (tertiary alicyclic amines) is 1. The van der Waals surface area contributed by atoms with Crippen LogP contribution in [-0.4, -0.2) is 41.8 Å². The molecular weight excluding hydrogens is 337 g/mol. The van der Waals surface area contributed by atoms with Gasteiger partial charge in [-0.25, -0.2) is 14.0 Å². The fourth-order valence-electron chi connectivity index (χ4n) is 2.58. The van der Waals surface area contributed by atoms with Crippen molar-refractivity contribution in [3.8, 4) is 0 Å². The molecule has 2 N–H and O–H groups in total. The summed E-state index contributed by atoms with van der Waals surface area (Å²) in [7, 11) is 0. The maximum absolute atomic E-state index is 13.1. The van der Waals surface area contributed by atoms with E-state index in [4.69, 9.17) is 4.74 Å². The van der Waals surface area contributed by atoms with Gasteiger partial charge < -0.3 is 20.3 Å². The number of benzene rings is 1. The molecule has 1 aromatic carbocycles. The zero-order valence-electron chi connectivity index (χ0n) is 15.4. The molecule has 0 atom stereocenters. The maximum atomic E-state index is 13.1.